The smallest absolute Gasteiger partial charge is 0.311 e. The first-order valence-corrected chi connectivity index (χ1v) is 8.07. The number of aryl methyl sites for hydroxylation is 1. The first kappa shape index (κ1) is 16.2. The lowest BCUT2D eigenvalue weighted by Crippen LogP contribution is -2.07. The number of hydrogen-bond donors (Lipinski definition) is 1. The number of hydrazone groups is 1. The van der Waals surface area contributed by atoms with Crippen LogP contribution in [-0.4, -0.2) is 23.8 Å². The summed E-state index contributed by atoms with van der Waals surface area (Å²) in [6.45, 7) is 2.18. The fourth-order valence-corrected chi connectivity index (χ4v) is 2.50. The third-order valence-electron chi connectivity index (χ3n) is 2.84. The highest BCUT2D eigenvalue weighted by molar-refractivity contribution is 7.13. The molecule has 2 rings (SSSR count). The summed E-state index contributed by atoms with van der Waals surface area (Å²) in [7, 11) is 0. The van der Waals surface area contributed by atoms with Crippen LogP contribution in [0.2, 0.25) is 0 Å². The lowest BCUT2D eigenvalue weighted by Gasteiger charge is -1.98. The van der Waals surface area contributed by atoms with Gasteiger partial charge in [0.25, 0.3) is 0 Å². The second kappa shape index (κ2) is 8.94. The maximum atomic E-state index is 11.3. The number of hydrogen-bond acceptors (Lipinski definition) is 6. The molecule has 0 aliphatic heterocycles. The van der Waals surface area contributed by atoms with Gasteiger partial charge in [0, 0.05) is 11.6 Å². The predicted molar refractivity (Wildman–Crippen MR) is 89.3 cm³/mol. The number of thiazole rings is 1. The van der Waals surface area contributed by atoms with Crippen molar-refractivity contribution in [3.63, 3.8) is 0 Å². The molecule has 0 atom stereocenters. The van der Waals surface area contributed by atoms with Crippen LogP contribution >= 0.6 is 11.3 Å². The second-order valence-corrected chi connectivity index (χ2v) is 5.43. The Morgan fingerprint density at radius 2 is 2.23 bits per heavy atom. The zero-order chi connectivity index (χ0) is 15.6. The van der Waals surface area contributed by atoms with Gasteiger partial charge < -0.3 is 4.74 Å². The quantitative estimate of drug-likeness (QED) is 0.461. The molecule has 0 radical (unpaired) electrons. The van der Waals surface area contributed by atoms with Crippen LogP contribution in [0.3, 0.4) is 0 Å². The van der Waals surface area contributed by atoms with E-state index in [-0.39, 0.29) is 12.4 Å². The van der Waals surface area contributed by atoms with E-state index in [2.05, 4.69) is 27.6 Å². The van der Waals surface area contributed by atoms with E-state index < -0.39 is 0 Å². The number of nitrogens with one attached hydrogen (secondary N) is 1. The van der Waals surface area contributed by atoms with Crippen molar-refractivity contribution >= 4 is 28.7 Å². The molecule has 0 aliphatic rings. The summed E-state index contributed by atoms with van der Waals surface area (Å²) in [6, 6.07) is 10.3. The van der Waals surface area contributed by atoms with Gasteiger partial charge in [-0.1, -0.05) is 30.3 Å². The van der Waals surface area contributed by atoms with Crippen molar-refractivity contribution in [1.29, 1.82) is 0 Å². The van der Waals surface area contributed by atoms with E-state index in [1.54, 1.807) is 6.92 Å². The zero-order valence-electron chi connectivity index (χ0n) is 12.5. The van der Waals surface area contributed by atoms with Crippen LogP contribution in [0.5, 0.6) is 0 Å². The van der Waals surface area contributed by atoms with Gasteiger partial charge in [-0.2, -0.15) is 5.10 Å². The summed E-state index contributed by atoms with van der Waals surface area (Å²) < 4.78 is 4.89. The van der Waals surface area contributed by atoms with E-state index >= 15 is 0 Å². The van der Waals surface area contributed by atoms with Gasteiger partial charge in [0.2, 0.25) is 5.13 Å². The van der Waals surface area contributed by atoms with E-state index in [9.17, 15) is 4.79 Å². The summed E-state index contributed by atoms with van der Waals surface area (Å²) in [5.41, 5.74) is 4.87. The van der Waals surface area contributed by atoms with E-state index in [1.807, 2.05) is 29.8 Å². The third kappa shape index (κ3) is 5.65. The van der Waals surface area contributed by atoms with Gasteiger partial charge in [-0.05, 0) is 25.3 Å². The lowest BCUT2D eigenvalue weighted by molar-refractivity contribution is -0.142. The molecule has 1 aromatic heterocycles. The Kier molecular flexibility index (Phi) is 6.57. The fourth-order valence-electron chi connectivity index (χ4n) is 1.84. The molecule has 1 N–H and O–H groups in total. The number of nitrogens with zero attached hydrogens (tertiary/aromatic N) is 2. The van der Waals surface area contributed by atoms with Crippen molar-refractivity contribution in [2.75, 3.05) is 12.0 Å². The minimum atomic E-state index is -0.259. The second-order valence-electron chi connectivity index (χ2n) is 4.57. The molecule has 116 valence electrons. The number of anilines is 1. The van der Waals surface area contributed by atoms with E-state index in [0.717, 1.165) is 12.8 Å². The molecular formula is C16H19N3O2S. The molecular weight excluding hydrogens is 298 g/mol. The summed E-state index contributed by atoms with van der Waals surface area (Å²) in [6.07, 6.45) is 3.85. The summed E-state index contributed by atoms with van der Waals surface area (Å²) in [5.74, 6) is -0.259. The average molecular weight is 317 g/mol. The Morgan fingerprint density at radius 1 is 1.41 bits per heavy atom. The Hall–Kier alpha value is -2.21. The van der Waals surface area contributed by atoms with Crippen LogP contribution in [0.15, 0.2) is 40.8 Å². The third-order valence-corrected chi connectivity index (χ3v) is 3.63. The van der Waals surface area contributed by atoms with Gasteiger partial charge in [-0.15, -0.1) is 11.3 Å². The first-order chi connectivity index (χ1) is 10.8. The van der Waals surface area contributed by atoms with Crippen molar-refractivity contribution in [2.45, 2.75) is 26.2 Å². The average Bonchev–Trinajstić information content (AvgIpc) is 2.95. The van der Waals surface area contributed by atoms with Crippen LogP contribution < -0.4 is 5.43 Å². The van der Waals surface area contributed by atoms with Crippen molar-refractivity contribution in [1.82, 2.24) is 4.98 Å². The van der Waals surface area contributed by atoms with Gasteiger partial charge >= 0.3 is 5.97 Å². The SMILES string of the molecule is CCOC(=O)Cc1csc(N/N=C/CCc2ccccc2)n1. The van der Waals surface area contributed by atoms with E-state index in [1.165, 1.54) is 16.9 Å². The molecule has 0 fully saturated rings. The molecule has 6 heteroatoms. The lowest BCUT2D eigenvalue weighted by atomic mass is 10.1. The molecule has 2 aromatic rings. The molecule has 0 amide bonds. The summed E-state index contributed by atoms with van der Waals surface area (Å²) in [4.78, 5) is 15.6. The minimum Gasteiger partial charge on any atom is -0.466 e. The van der Waals surface area contributed by atoms with Crippen molar-refractivity contribution in [3.05, 3.63) is 47.0 Å². The van der Waals surface area contributed by atoms with Gasteiger partial charge in [-0.25, -0.2) is 4.98 Å². The highest BCUT2D eigenvalue weighted by Gasteiger charge is 2.07. The van der Waals surface area contributed by atoms with Gasteiger partial charge in [0.05, 0.1) is 18.7 Å². The first-order valence-electron chi connectivity index (χ1n) is 7.19. The monoisotopic (exact) mass is 317 g/mol. The molecule has 0 bridgehead atoms. The number of carbonyl (C=O) groups excluding carboxylic acids is 1. The largest absolute Gasteiger partial charge is 0.466 e. The summed E-state index contributed by atoms with van der Waals surface area (Å²) in [5, 5.41) is 6.65. The molecule has 5 nitrogen and oxygen atoms in total. The number of rotatable bonds is 8. The van der Waals surface area contributed by atoms with Crippen molar-refractivity contribution in [3.8, 4) is 0 Å². The van der Waals surface area contributed by atoms with Crippen LogP contribution in [-0.2, 0) is 22.4 Å². The van der Waals surface area contributed by atoms with E-state index in [0.29, 0.717) is 17.4 Å². The van der Waals surface area contributed by atoms with Crippen LogP contribution in [0, 0.1) is 0 Å². The van der Waals surface area contributed by atoms with E-state index in [4.69, 9.17) is 4.74 Å². The fraction of sp³-hybridized carbons (Fsp3) is 0.312. The van der Waals surface area contributed by atoms with Crippen LogP contribution in [0.4, 0.5) is 5.13 Å². The summed E-state index contributed by atoms with van der Waals surface area (Å²) >= 11 is 1.42. The molecule has 0 saturated carbocycles. The maximum Gasteiger partial charge on any atom is 0.311 e. The molecule has 1 heterocycles. The number of ether oxygens (including phenoxy) is 1. The standard InChI is InChI=1S/C16H19N3O2S/c1-2-21-15(20)11-14-12-22-16(18-14)19-17-10-6-9-13-7-4-3-5-8-13/h3-5,7-8,10,12H,2,6,9,11H2,1H3,(H,18,19)/b17-10+. The van der Waals surface area contributed by atoms with Gasteiger partial charge in [0.1, 0.15) is 0 Å². The molecule has 22 heavy (non-hydrogen) atoms. The molecule has 0 unspecified atom stereocenters. The molecule has 1 aromatic carbocycles. The topological polar surface area (TPSA) is 63.6 Å². The Labute approximate surface area is 134 Å². The highest BCUT2D eigenvalue weighted by Crippen LogP contribution is 2.15. The number of aromatic nitrogens is 1. The highest BCUT2D eigenvalue weighted by atomic mass is 32.1. The van der Waals surface area contributed by atoms with Crippen LogP contribution in [0.1, 0.15) is 24.6 Å². The van der Waals surface area contributed by atoms with Gasteiger partial charge in [0.15, 0.2) is 0 Å². The Balaban J connectivity index is 1.71. The normalized spacial score (nSPS) is 10.8. The minimum absolute atomic E-state index is 0.198. The van der Waals surface area contributed by atoms with Gasteiger partial charge in [-0.3, -0.25) is 10.2 Å². The van der Waals surface area contributed by atoms with Crippen molar-refractivity contribution < 1.29 is 9.53 Å². The zero-order valence-corrected chi connectivity index (χ0v) is 13.3. The Morgan fingerprint density at radius 3 is 3.00 bits per heavy atom. The number of esters is 1. The molecule has 0 aliphatic carbocycles. The Bertz CT molecular complexity index is 611. The predicted octanol–water partition coefficient (Wildman–Crippen LogP) is 3.28. The number of benzene rings is 1. The maximum absolute atomic E-state index is 11.3. The van der Waals surface area contributed by atoms with Crippen LogP contribution in [0.25, 0.3) is 0 Å². The molecule has 0 spiro atoms. The van der Waals surface area contributed by atoms with Crippen molar-refractivity contribution in [2.24, 2.45) is 5.10 Å². The number of carbonyl (C=O) groups is 1. The molecule has 0 saturated heterocycles.